The molecule has 1 N–H and O–H groups in total. The summed E-state index contributed by atoms with van der Waals surface area (Å²) < 4.78 is 19.2. The largest absolute Gasteiger partial charge is 0.383 e. The minimum absolute atomic E-state index is 0.0343. The molecule has 0 amide bonds. The standard InChI is InChI=1S/C21H21ClFN5O/c1-13(14-3-4-15(10-24)19(23)9-14)28-7-5-16-17(11-25)20(22)27-21(18(16)12-28)26-6-8-29-2/h3-4,9,13H,5-8,12H2,1-2H3,(H,26,27). The van der Waals surface area contributed by atoms with Gasteiger partial charge in [-0.2, -0.15) is 10.5 Å². The average molecular weight is 414 g/mol. The second-order valence-electron chi connectivity index (χ2n) is 6.86. The molecule has 0 spiro atoms. The number of rotatable bonds is 6. The van der Waals surface area contributed by atoms with Crippen molar-refractivity contribution in [2.24, 2.45) is 0 Å². The second kappa shape index (κ2) is 9.19. The number of hydrogen-bond acceptors (Lipinski definition) is 6. The first-order valence-corrected chi connectivity index (χ1v) is 9.65. The van der Waals surface area contributed by atoms with Crippen LogP contribution in [0, 0.1) is 28.5 Å². The number of anilines is 1. The summed E-state index contributed by atoms with van der Waals surface area (Å²) in [6, 6.07) is 8.64. The van der Waals surface area contributed by atoms with E-state index in [4.69, 9.17) is 21.6 Å². The molecule has 0 bridgehead atoms. The van der Waals surface area contributed by atoms with Gasteiger partial charge in [-0.25, -0.2) is 9.37 Å². The van der Waals surface area contributed by atoms with Crippen LogP contribution < -0.4 is 5.32 Å². The maximum Gasteiger partial charge on any atom is 0.149 e. The van der Waals surface area contributed by atoms with Crippen molar-refractivity contribution in [1.29, 1.82) is 10.5 Å². The number of aromatic nitrogens is 1. The summed E-state index contributed by atoms with van der Waals surface area (Å²) in [5, 5.41) is 21.9. The van der Waals surface area contributed by atoms with Crippen LogP contribution in [0.4, 0.5) is 10.2 Å². The third-order valence-corrected chi connectivity index (χ3v) is 5.51. The lowest BCUT2D eigenvalue weighted by molar-refractivity contribution is 0.191. The van der Waals surface area contributed by atoms with Crippen molar-refractivity contribution >= 4 is 17.4 Å². The van der Waals surface area contributed by atoms with E-state index < -0.39 is 5.82 Å². The summed E-state index contributed by atoms with van der Waals surface area (Å²) in [4.78, 5) is 6.58. The molecule has 2 heterocycles. The highest BCUT2D eigenvalue weighted by Gasteiger charge is 2.28. The van der Waals surface area contributed by atoms with Crippen LogP contribution in [0.15, 0.2) is 18.2 Å². The fourth-order valence-electron chi connectivity index (χ4n) is 3.58. The number of nitrogens with zero attached hydrogens (tertiary/aromatic N) is 4. The Morgan fingerprint density at radius 1 is 1.34 bits per heavy atom. The van der Waals surface area contributed by atoms with Crippen molar-refractivity contribution < 1.29 is 9.13 Å². The molecular formula is C21H21ClFN5O. The Morgan fingerprint density at radius 3 is 2.79 bits per heavy atom. The van der Waals surface area contributed by atoms with E-state index in [1.807, 2.05) is 13.0 Å². The summed E-state index contributed by atoms with van der Waals surface area (Å²) in [7, 11) is 1.62. The predicted molar refractivity (Wildman–Crippen MR) is 108 cm³/mol. The van der Waals surface area contributed by atoms with E-state index in [0.717, 1.165) is 16.7 Å². The van der Waals surface area contributed by atoms with Crippen molar-refractivity contribution in [3.05, 3.63) is 57.0 Å². The smallest absolute Gasteiger partial charge is 0.149 e. The monoisotopic (exact) mass is 413 g/mol. The first-order valence-electron chi connectivity index (χ1n) is 9.27. The van der Waals surface area contributed by atoms with Gasteiger partial charge in [-0.1, -0.05) is 17.7 Å². The molecule has 29 heavy (non-hydrogen) atoms. The van der Waals surface area contributed by atoms with E-state index in [-0.39, 0.29) is 16.8 Å². The Morgan fingerprint density at radius 2 is 2.14 bits per heavy atom. The number of nitrogens with one attached hydrogen (secondary N) is 1. The summed E-state index contributed by atoms with van der Waals surface area (Å²) >= 11 is 6.23. The summed E-state index contributed by atoms with van der Waals surface area (Å²) in [6.07, 6.45) is 0.641. The highest BCUT2D eigenvalue weighted by molar-refractivity contribution is 6.30. The van der Waals surface area contributed by atoms with Crippen LogP contribution in [0.3, 0.4) is 0 Å². The zero-order valence-corrected chi connectivity index (χ0v) is 17.1. The molecule has 1 aromatic heterocycles. The van der Waals surface area contributed by atoms with Gasteiger partial charge < -0.3 is 10.1 Å². The Bertz CT molecular complexity index is 998. The third-order valence-electron chi connectivity index (χ3n) is 5.23. The number of nitriles is 2. The van der Waals surface area contributed by atoms with Gasteiger partial charge in [0.25, 0.3) is 0 Å². The fraction of sp³-hybridized carbons (Fsp3) is 0.381. The molecule has 8 heteroatoms. The van der Waals surface area contributed by atoms with Gasteiger partial charge in [0.2, 0.25) is 0 Å². The minimum atomic E-state index is -0.517. The van der Waals surface area contributed by atoms with Crippen molar-refractivity contribution in [3.8, 4) is 12.1 Å². The molecule has 1 atom stereocenters. The maximum atomic E-state index is 14.1. The molecule has 0 saturated carbocycles. The molecule has 3 rings (SSSR count). The Labute approximate surface area is 174 Å². The van der Waals surface area contributed by atoms with E-state index in [0.29, 0.717) is 44.0 Å². The molecule has 0 fully saturated rings. The van der Waals surface area contributed by atoms with Gasteiger partial charge >= 0.3 is 0 Å². The van der Waals surface area contributed by atoms with Gasteiger partial charge in [0.1, 0.15) is 28.9 Å². The molecule has 1 aliphatic heterocycles. The van der Waals surface area contributed by atoms with E-state index in [1.54, 1.807) is 13.2 Å². The van der Waals surface area contributed by atoms with Gasteiger partial charge in [-0.3, -0.25) is 4.90 Å². The SMILES string of the molecule is COCCNc1nc(Cl)c(C#N)c2c1CN(C(C)c1ccc(C#N)c(F)c1)CC2. The summed E-state index contributed by atoms with van der Waals surface area (Å²) in [6.45, 7) is 4.32. The summed E-state index contributed by atoms with van der Waals surface area (Å²) in [5.74, 6) is 0.125. The number of benzene rings is 1. The lowest BCUT2D eigenvalue weighted by Gasteiger charge is -2.35. The molecule has 0 aliphatic carbocycles. The normalized spacial score (nSPS) is 14.6. The zero-order chi connectivity index (χ0) is 21.0. The second-order valence-corrected chi connectivity index (χ2v) is 7.22. The van der Waals surface area contributed by atoms with Gasteiger partial charge in [-0.05, 0) is 36.6 Å². The van der Waals surface area contributed by atoms with Crippen LogP contribution in [0.5, 0.6) is 0 Å². The first-order chi connectivity index (χ1) is 14.0. The molecule has 2 aromatic rings. The molecule has 1 aromatic carbocycles. The van der Waals surface area contributed by atoms with E-state index in [1.165, 1.54) is 12.1 Å². The molecule has 6 nitrogen and oxygen atoms in total. The molecule has 0 saturated heterocycles. The predicted octanol–water partition coefficient (Wildman–Crippen LogP) is 3.80. The van der Waals surface area contributed by atoms with Crippen LogP contribution in [0.1, 0.15) is 40.8 Å². The van der Waals surface area contributed by atoms with Crippen LogP contribution in [0.2, 0.25) is 5.15 Å². The lowest BCUT2D eigenvalue weighted by atomic mass is 9.94. The third kappa shape index (κ3) is 4.33. The van der Waals surface area contributed by atoms with Crippen LogP contribution in [-0.4, -0.2) is 36.7 Å². The number of ether oxygens (including phenoxy) is 1. The van der Waals surface area contributed by atoms with Crippen molar-refractivity contribution in [1.82, 2.24) is 9.88 Å². The quantitative estimate of drug-likeness (QED) is 0.572. The highest BCUT2D eigenvalue weighted by atomic mass is 35.5. The van der Waals surface area contributed by atoms with Gasteiger partial charge in [0, 0.05) is 38.3 Å². The van der Waals surface area contributed by atoms with Gasteiger partial charge in [-0.15, -0.1) is 0 Å². The highest BCUT2D eigenvalue weighted by Crippen LogP contribution is 2.35. The van der Waals surface area contributed by atoms with Crippen molar-refractivity contribution in [2.75, 3.05) is 32.1 Å². The fourth-order valence-corrected chi connectivity index (χ4v) is 3.82. The van der Waals surface area contributed by atoms with Crippen molar-refractivity contribution in [3.63, 3.8) is 0 Å². The molecule has 1 aliphatic rings. The molecule has 150 valence electrons. The Kier molecular flexibility index (Phi) is 6.66. The van der Waals surface area contributed by atoms with Gasteiger partial charge in [0.05, 0.1) is 17.7 Å². The number of hydrogen-bond donors (Lipinski definition) is 1. The van der Waals surface area contributed by atoms with E-state index >= 15 is 0 Å². The van der Waals surface area contributed by atoms with Gasteiger partial charge in [0.15, 0.2) is 0 Å². The lowest BCUT2D eigenvalue weighted by Crippen LogP contribution is -2.34. The number of fused-ring (bicyclic) bond motifs is 1. The number of halogens is 2. The van der Waals surface area contributed by atoms with E-state index in [2.05, 4.69) is 21.3 Å². The minimum Gasteiger partial charge on any atom is -0.383 e. The zero-order valence-electron chi connectivity index (χ0n) is 16.3. The topological polar surface area (TPSA) is 85.0 Å². The number of methoxy groups -OCH3 is 1. The van der Waals surface area contributed by atoms with Crippen LogP contribution >= 0.6 is 11.6 Å². The molecular weight excluding hydrogens is 393 g/mol. The van der Waals surface area contributed by atoms with Crippen LogP contribution in [0.25, 0.3) is 0 Å². The van der Waals surface area contributed by atoms with E-state index in [9.17, 15) is 9.65 Å². The molecule has 1 unspecified atom stereocenters. The Balaban J connectivity index is 1.91. The maximum absolute atomic E-state index is 14.1. The molecule has 0 radical (unpaired) electrons. The van der Waals surface area contributed by atoms with Crippen LogP contribution in [-0.2, 0) is 17.7 Å². The summed E-state index contributed by atoms with van der Waals surface area (Å²) in [5.41, 5.74) is 3.07. The van der Waals surface area contributed by atoms with Crippen molar-refractivity contribution in [2.45, 2.75) is 25.9 Å². The first kappa shape index (κ1) is 21.0. The Hall–Kier alpha value is -2.71. The average Bonchev–Trinajstić information content (AvgIpc) is 2.73. The number of pyridine rings is 1.